The Labute approximate surface area is 105 Å². The van der Waals surface area contributed by atoms with Gasteiger partial charge in [-0.3, -0.25) is 5.01 Å². The Hall–Kier alpha value is -1.74. The number of benzene rings is 2. The first kappa shape index (κ1) is 10.4. The third kappa shape index (κ3) is 2.19. The van der Waals surface area contributed by atoms with Crippen molar-refractivity contribution < 1.29 is 0 Å². The number of nitrogens with zero attached hydrogens (tertiary/aromatic N) is 2. The molecule has 0 N–H and O–H groups in total. The lowest BCUT2D eigenvalue weighted by Crippen LogP contribution is -2.09. The van der Waals surface area contributed by atoms with Crippen molar-refractivity contribution in [3.8, 4) is 0 Å². The van der Waals surface area contributed by atoms with Crippen molar-refractivity contribution in [3.05, 3.63) is 66.2 Å². The van der Waals surface area contributed by atoms with Crippen LogP contribution in [0, 0.1) is 0 Å². The van der Waals surface area contributed by atoms with Gasteiger partial charge in [0.05, 0.1) is 11.6 Å². The molecule has 0 radical (unpaired) electrons. The maximum Gasteiger partial charge on any atom is 0.126 e. The van der Waals surface area contributed by atoms with E-state index in [2.05, 4.69) is 29.4 Å². The molecule has 0 spiro atoms. The third-order valence-electron chi connectivity index (χ3n) is 2.61. The molecule has 1 aliphatic rings. The minimum Gasteiger partial charge on any atom is -0.254 e. The molecule has 0 aliphatic carbocycles. The summed E-state index contributed by atoms with van der Waals surface area (Å²) in [4.78, 5) is 0. The predicted octanol–water partition coefficient (Wildman–Crippen LogP) is 3.56. The molecule has 1 heterocycles. The summed E-state index contributed by atoms with van der Waals surface area (Å²) < 4.78 is 0. The van der Waals surface area contributed by atoms with Crippen LogP contribution in [-0.2, 0) is 0 Å². The second kappa shape index (κ2) is 4.63. The highest BCUT2D eigenvalue weighted by Gasteiger charge is 2.17. The Morgan fingerprint density at radius 2 is 1.53 bits per heavy atom. The smallest absolute Gasteiger partial charge is 0.126 e. The van der Waals surface area contributed by atoms with Crippen molar-refractivity contribution in [2.75, 3.05) is 10.9 Å². The Bertz CT molecular complexity index is 522. The molecule has 0 atom stereocenters. The summed E-state index contributed by atoms with van der Waals surface area (Å²) in [5, 5.41) is 7.77. The fourth-order valence-corrected chi connectivity index (χ4v) is 2.65. The molecule has 0 bridgehead atoms. The normalized spacial score (nSPS) is 14.8. The molecule has 0 amide bonds. The molecule has 1 aliphatic heterocycles. The topological polar surface area (TPSA) is 15.6 Å². The summed E-state index contributed by atoms with van der Waals surface area (Å²) in [7, 11) is 0. The molecule has 17 heavy (non-hydrogen) atoms. The molecule has 3 heteroatoms. The zero-order valence-corrected chi connectivity index (χ0v) is 10.1. The van der Waals surface area contributed by atoms with Crippen LogP contribution in [-0.4, -0.2) is 10.9 Å². The van der Waals surface area contributed by atoms with Crippen LogP contribution in [0.15, 0.2) is 65.8 Å². The van der Waals surface area contributed by atoms with Crippen molar-refractivity contribution in [3.63, 3.8) is 0 Å². The minimum absolute atomic E-state index is 0.883. The number of hydrogen-bond acceptors (Lipinski definition) is 3. The van der Waals surface area contributed by atoms with Crippen molar-refractivity contribution in [2.45, 2.75) is 0 Å². The molecule has 2 nitrogen and oxygen atoms in total. The van der Waals surface area contributed by atoms with Gasteiger partial charge in [0.2, 0.25) is 0 Å². The summed E-state index contributed by atoms with van der Waals surface area (Å²) in [5.74, 6) is 0.883. The highest BCUT2D eigenvalue weighted by molar-refractivity contribution is 8.14. The lowest BCUT2D eigenvalue weighted by Gasteiger charge is -2.11. The summed E-state index contributed by atoms with van der Waals surface area (Å²) >= 11 is 1.77. The number of thioether (sulfide) groups is 1. The van der Waals surface area contributed by atoms with E-state index in [1.165, 1.54) is 5.56 Å². The van der Waals surface area contributed by atoms with Gasteiger partial charge in [0.15, 0.2) is 0 Å². The van der Waals surface area contributed by atoms with Gasteiger partial charge < -0.3 is 0 Å². The summed E-state index contributed by atoms with van der Waals surface area (Å²) in [6, 6.07) is 20.6. The Balaban J connectivity index is 1.87. The summed E-state index contributed by atoms with van der Waals surface area (Å²) in [6.45, 7) is 0. The molecule has 0 fully saturated rings. The maximum absolute atomic E-state index is 4.64. The van der Waals surface area contributed by atoms with Crippen LogP contribution < -0.4 is 5.01 Å². The summed E-state index contributed by atoms with van der Waals surface area (Å²) in [5.41, 5.74) is 2.34. The van der Waals surface area contributed by atoms with Gasteiger partial charge in [0, 0.05) is 5.56 Å². The molecule has 84 valence electrons. The maximum atomic E-state index is 4.64. The van der Waals surface area contributed by atoms with Crippen molar-refractivity contribution in [1.82, 2.24) is 0 Å². The molecule has 0 saturated carbocycles. The van der Waals surface area contributed by atoms with Crippen LogP contribution in [0.5, 0.6) is 0 Å². The van der Waals surface area contributed by atoms with Crippen LogP contribution in [0.3, 0.4) is 0 Å². The fourth-order valence-electron chi connectivity index (χ4n) is 1.74. The molecule has 3 rings (SSSR count). The first-order valence-corrected chi connectivity index (χ1v) is 6.51. The van der Waals surface area contributed by atoms with Gasteiger partial charge in [-0.15, -0.1) is 0 Å². The first-order valence-electron chi connectivity index (χ1n) is 5.53. The van der Waals surface area contributed by atoms with E-state index < -0.39 is 0 Å². The van der Waals surface area contributed by atoms with Gasteiger partial charge in [-0.25, -0.2) is 0 Å². The monoisotopic (exact) mass is 240 g/mol. The lowest BCUT2D eigenvalue weighted by atomic mass is 10.2. The van der Waals surface area contributed by atoms with Gasteiger partial charge >= 0.3 is 0 Å². The standard InChI is InChI=1S/C14H12N2S/c1-3-7-12(8-4-1)14-15-16(11-17-14)13-9-5-2-6-10-13/h1-10H,11H2. The molecular weight excluding hydrogens is 228 g/mol. The Morgan fingerprint density at radius 3 is 2.24 bits per heavy atom. The van der Waals surface area contributed by atoms with E-state index in [1.807, 2.05) is 41.4 Å². The van der Waals surface area contributed by atoms with E-state index in [1.54, 1.807) is 11.8 Å². The van der Waals surface area contributed by atoms with Crippen molar-refractivity contribution in [2.24, 2.45) is 5.10 Å². The van der Waals surface area contributed by atoms with E-state index in [-0.39, 0.29) is 0 Å². The van der Waals surface area contributed by atoms with Crippen LogP contribution in [0.4, 0.5) is 5.69 Å². The van der Waals surface area contributed by atoms with Gasteiger partial charge in [0.1, 0.15) is 5.04 Å². The fraction of sp³-hybridized carbons (Fsp3) is 0.0714. The first-order chi connectivity index (χ1) is 8.43. The van der Waals surface area contributed by atoms with Crippen LogP contribution in [0.2, 0.25) is 0 Å². The molecular formula is C14H12N2S. The average molecular weight is 240 g/mol. The van der Waals surface area contributed by atoms with E-state index in [0.717, 1.165) is 16.6 Å². The van der Waals surface area contributed by atoms with E-state index in [0.29, 0.717) is 0 Å². The lowest BCUT2D eigenvalue weighted by molar-refractivity contribution is 1.01. The van der Waals surface area contributed by atoms with Gasteiger partial charge in [-0.05, 0) is 12.1 Å². The molecule has 2 aromatic carbocycles. The molecule has 2 aromatic rings. The zero-order valence-electron chi connectivity index (χ0n) is 9.28. The largest absolute Gasteiger partial charge is 0.254 e. The quantitative estimate of drug-likeness (QED) is 0.797. The van der Waals surface area contributed by atoms with Crippen LogP contribution in [0.1, 0.15) is 5.56 Å². The van der Waals surface area contributed by atoms with E-state index in [4.69, 9.17) is 0 Å². The highest BCUT2D eigenvalue weighted by Crippen LogP contribution is 2.27. The number of para-hydroxylation sites is 1. The van der Waals surface area contributed by atoms with E-state index >= 15 is 0 Å². The number of hydrogen-bond donors (Lipinski definition) is 0. The van der Waals surface area contributed by atoms with Gasteiger partial charge in [-0.2, -0.15) is 5.10 Å². The second-order valence-electron chi connectivity index (χ2n) is 3.78. The number of rotatable bonds is 2. The third-order valence-corrected chi connectivity index (χ3v) is 3.57. The SMILES string of the molecule is c1ccc(C2=NN(c3ccccc3)CS2)cc1. The van der Waals surface area contributed by atoms with Crippen LogP contribution in [0.25, 0.3) is 0 Å². The molecule has 0 unspecified atom stereocenters. The van der Waals surface area contributed by atoms with Crippen molar-refractivity contribution >= 4 is 22.5 Å². The van der Waals surface area contributed by atoms with Gasteiger partial charge in [0.25, 0.3) is 0 Å². The highest BCUT2D eigenvalue weighted by atomic mass is 32.2. The van der Waals surface area contributed by atoms with Gasteiger partial charge in [-0.1, -0.05) is 60.3 Å². The second-order valence-corrected chi connectivity index (χ2v) is 4.71. The average Bonchev–Trinajstić information content (AvgIpc) is 2.90. The van der Waals surface area contributed by atoms with E-state index in [9.17, 15) is 0 Å². The number of hydrazone groups is 1. The summed E-state index contributed by atoms with van der Waals surface area (Å²) in [6.07, 6.45) is 0. The Kier molecular flexibility index (Phi) is 2.84. The molecule has 0 aromatic heterocycles. The zero-order chi connectivity index (χ0) is 11.5. The Morgan fingerprint density at radius 1 is 0.882 bits per heavy atom. The van der Waals surface area contributed by atoms with Crippen molar-refractivity contribution in [1.29, 1.82) is 0 Å². The minimum atomic E-state index is 0.883. The van der Waals surface area contributed by atoms with Crippen LogP contribution >= 0.6 is 11.8 Å². The number of anilines is 1. The predicted molar refractivity (Wildman–Crippen MR) is 74.4 cm³/mol. The molecule has 0 saturated heterocycles.